The molecule has 1 amide bonds. The number of benzene rings is 2. The zero-order valence-electron chi connectivity index (χ0n) is 15.9. The van der Waals surface area contributed by atoms with Gasteiger partial charge in [0.1, 0.15) is 0 Å². The number of anilines is 2. The molecule has 0 aliphatic heterocycles. The number of carbonyl (C=O) groups excluding carboxylic acids is 1. The average molecular weight is 451 g/mol. The molecule has 0 spiro atoms. The molecule has 29 heavy (non-hydrogen) atoms. The number of halogens is 1. The Morgan fingerprint density at radius 1 is 1.10 bits per heavy atom. The minimum atomic E-state index is -3.96. The van der Waals surface area contributed by atoms with Crippen molar-refractivity contribution in [2.75, 3.05) is 10.0 Å². The van der Waals surface area contributed by atoms with E-state index in [0.29, 0.717) is 5.69 Å². The maximum atomic E-state index is 12.8. The quantitative estimate of drug-likeness (QED) is 0.531. The van der Waals surface area contributed by atoms with Crippen LogP contribution in [-0.2, 0) is 10.0 Å². The first kappa shape index (κ1) is 21.2. The lowest BCUT2D eigenvalue weighted by Gasteiger charge is -2.16. The fourth-order valence-corrected chi connectivity index (χ4v) is 4.95. The number of amides is 1. The Labute approximate surface area is 178 Å². The van der Waals surface area contributed by atoms with Gasteiger partial charge >= 0.3 is 0 Å². The summed E-state index contributed by atoms with van der Waals surface area (Å²) in [5.41, 5.74) is 2.47. The minimum Gasteiger partial charge on any atom is -0.296 e. The van der Waals surface area contributed by atoms with E-state index in [1.54, 1.807) is 24.3 Å². The number of carbonyl (C=O) groups is 1. The monoisotopic (exact) mass is 450 g/mol. The number of nitrogens with zero attached hydrogens (tertiary/aromatic N) is 2. The summed E-state index contributed by atoms with van der Waals surface area (Å²) >= 11 is 6.77. The van der Waals surface area contributed by atoms with Crippen LogP contribution >= 0.6 is 22.9 Å². The van der Waals surface area contributed by atoms with Crippen LogP contribution in [0.1, 0.15) is 41.3 Å². The fourth-order valence-electron chi connectivity index (χ4n) is 2.67. The standard InChI is InChI=1S/C19H19ClN4O3S2/c1-11(2)13-9-6-7-12(3)16(13)24-29(26,27)19-23-22-18(28-19)21-17(25)14-8-4-5-10-15(14)20/h4-11,24H,1-3H3,(H,21,22,25). The van der Waals surface area contributed by atoms with Crippen molar-refractivity contribution in [3.63, 3.8) is 0 Å². The van der Waals surface area contributed by atoms with Gasteiger partial charge < -0.3 is 0 Å². The highest BCUT2D eigenvalue weighted by Crippen LogP contribution is 2.31. The van der Waals surface area contributed by atoms with E-state index < -0.39 is 15.9 Å². The van der Waals surface area contributed by atoms with Crippen molar-refractivity contribution in [3.05, 3.63) is 64.2 Å². The number of aryl methyl sites for hydroxylation is 1. The van der Waals surface area contributed by atoms with Gasteiger partial charge in [-0.25, -0.2) is 0 Å². The highest BCUT2D eigenvalue weighted by molar-refractivity contribution is 7.94. The van der Waals surface area contributed by atoms with Crippen LogP contribution in [0.25, 0.3) is 0 Å². The number of hydrogen-bond acceptors (Lipinski definition) is 6. The van der Waals surface area contributed by atoms with Crippen molar-refractivity contribution < 1.29 is 13.2 Å². The van der Waals surface area contributed by atoms with Crippen molar-refractivity contribution in [1.82, 2.24) is 10.2 Å². The van der Waals surface area contributed by atoms with Gasteiger partial charge in [0.05, 0.1) is 16.3 Å². The van der Waals surface area contributed by atoms with Crippen LogP contribution in [0, 0.1) is 6.92 Å². The molecule has 3 aromatic rings. The molecule has 0 unspecified atom stereocenters. The number of para-hydroxylation sites is 1. The SMILES string of the molecule is Cc1cccc(C(C)C)c1NS(=O)(=O)c1nnc(NC(=O)c2ccccc2Cl)s1. The van der Waals surface area contributed by atoms with Crippen LogP contribution < -0.4 is 10.0 Å². The molecule has 0 saturated heterocycles. The van der Waals surface area contributed by atoms with Crippen molar-refractivity contribution in [2.45, 2.75) is 31.0 Å². The van der Waals surface area contributed by atoms with Crippen LogP contribution in [-0.4, -0.2) is 24.5 Å². The van der Waals surface area contributed by atoms with Crippen LogP contribution in [0.4, 0.5) is 10.8 Å². The summed E-state index contributed by atoms with van der Waals surface area (Å²) in [4.78, 5) is 12.3. The van der Waals surface area contributed by atoms with Gasteiger partial charge in [-0.1, -0.05) is 67.1 Å². The fraction of sp³-hybridized carbons (Fsp3) is 0.211. The maximum Gasteiger partial charge on any atom is 0.291 e. The van der Waals surface area contributed by atoms with Crippen LogP contribution in [0.2, 0.25) is 5.02 Å². The molecule has 0 aliphatic rings. The molecule has 2 aromatic carbocycles. The molecule has 0 atom stereocenters. The second-order valence-electron chi connectivity index (χ2n) is 6.61. The Balaban J connectivity index is 1.83. The van der Waals surface area contributed by atoms with Gasteiger partial charge in [-0.05, 0) is 36.1 Å². The first-order valence-corrected chi connectivity index (χ1v) is 11.4. The molecule has 10 heteroatoms. The van der Waals surface area contributed by atoms with E-state index in [1.165, 1.54) is 0 Å². The summed E-state index contributed by atoms with van der Waals surface area (Å²) in [6.07, 6.45) is 0. The highest BCUT2D eigenvalue weighted by atomic mass is 35.5. The molecule has 1 heterocycles. The van der Waals surface area contributed by atoms with Gasteiger partial charge in [0.25, 0.3) is 20.3 Å². The first-order valence-electron chi connectivity index (χ1n) is 8.70. The third-order valence-corrected chi connectivity index (χ3v) is 7.02. The van der Waals surface area contributed by atoms with E-state index in [2.05, 4.69) is 20.2 Å². The van der Waals surface area contributed by atoms with E-state index in [9.17, 15) is 13.2 Å². The lowest BCUT2D eigenvalue weighted by atomic mass is 9.99. The van der Waals surface area contributed by atoms with Gasteiger partial charge in [0.2, 0.25) is 5.13 Å². The van der Waals surface area contributed by atoms with Gasteiger partial charge in [0.15, 0.2) is 0 Å². The number of rotatable bonds is 6. The van der Waals surface area contributed by atoms with E-state index in [0.717, 1.165) is 22.5 Å². The third-order valence-electron chi connectivity index (χ3n) is 4.14. The lowest BCUT2D eigenvalue weighted by Crippen LogP contribution is -2.15. The number of sulfonamides is 1. The van der Waals surface area contributed by atoms with E-state index in [-0.39, 0.29) is 26.0 Å². The second-order valence-corrected chi connectivity index (χ2v) is 9.85. The summed E-state index contributed by atoms with van der Waals surface area (Å²) in [6, 6.07) is 12.1. The molecular weight excluding hydrogens is 432 g/mol. The second kappa shape index (κ2) is 8.48. The van der Waals surface area contributed by atoms with Gasteiger partial charge in [-0.3, -0.25) is 14.8 Å². The minimum absolute atomic E-state index is 0.0594. The molecule has 3 rings (SSSR count). The molecule has 0 saturated carbocycles. The topological polar surface area (TPSA) is 101 Å². The number of aromatic nitrogens is 2. The van der Waals surface area contributed by atoms with E-state index >= 15 is 0 Å². The van der Waals surface area contributed by atoms with Gasteiger partial charge in [0, 0.05) is 0 Å². The van der Waals surface area contributed by atoms with Crippen LogP contribution in [0.5, 0.6) is 0 Å². The molecule has 152 valence electrons. The summed E-state index contributed by atoms with van der Waals surface area (Å²) in [5, 5.41) is 10.4. The average Bonchev–Trinajstić information content (AvgIpc) is 3.13. The third kappa shape index (κ3) is 4.75. The zero-order valence-corrected chi connectivity index (χ0v) is 18.3. The van der Waals surface area contributed by atoms with Crippen molar-refractivity contribution in [1.29, 1.82) is 0 Å². The lowest BCUT2D eigenvalue weighted by molar-refractivity contribution is 0.102. The highest BCUT2D eigenvalue weighted by Gasteiger charge is 2.24. The smallest absolute Gasteiger partial charge is 0.291 e. The molecule has 2 N–H and O–H groups in total. The Kier molecular flexibility index (Phi) is 6.21. The Morgan fingerprint density at radius 3 is 2.52 bits per heavy atom. The Bertz CT molecular complexity index is 1160. The molecule has 0 bridgehead atoms. The molecular formula is C19H19ClN4O3S2. The van der Waals surface area contributed by atoms with Crippen LogP contribution in [0.15, 0.2) is 46.8 Å². The number of hydrogen-bond donors (Lipinski definition) is 2. The number of nitrogens with one attached hydrogen (secondary N) is 2. The molecule has 0 fully saturated rings. The Hall–Kier alpha value is -2.49. The summed E-state index contributed by atoms with van der Waals surface area (Å²) in [5.74, 6) is -0.364. The summed E-state index contributed by atoms with van der Waals surface area (Å²) in [6.45, 7) is 5.80. The van der Waals surface area contributed by atoms with Gasteiger partial charge in [-0.2, -0.15) is 8.42 Å². The molecule has 1 aromatic heterocycles. The first-order chi connectivity index (χ1) is 13.7. The zero-order chi connectivity index (χ0) is 21.2. The summed E-state index contributed by atoms with van der Waals surface area (Å²) < 4.78 is 28.0. The van der Waals surface area contributed by atoms with Crippen LogP contribution in [0.3, 0.4) is 0 Å². The van der Waals surface area contributed by atoms with Gasteiger partial charge in [-0.15, -0.1) is 10.2 Å². The summed E-state index contributed by atoms with van der Waals surface area (Å²) in [7, 11) is -3.96. The van der Waals surface area contributed by atoms with Crippen molar-refractivity contribution >= 4 is 49.7 Å². The Morgan fingerprint density at radius 2 is 1.83 bits per heavy atom. The molecule has 7 nitrogen and oxygen atoms in total. The van der Waals surface area contributed by atoms with Crippen molar-refractivity contribution in [3.8, 4) is 0 Å². The predicted octanol–water partition coefficient (Wildman–Crippen LogP) is 4.68. The predicted molar refractivity (Wildman–Crippen MR) is 115 cm³/mol. The largest absolute Gasteiger partial charge is 0.296 e. The molecule has 0 radical (unpaired) electrons. The van der Waals surface area contributed by atoms with E-state index in [4.69, 9.17) is 11.6 Å². The van der Waals surface area contributed by atoms with E-state index in [1.807, 2.05) is 39.0 Å². The van der Waals surface area contributed by atoms with Crippen molar-refractivity contribution in [2.24, 2.45) is 0 Å². The maximum absolute atomic E-state index is 12.8. The molecule has 0 aliphatic carbocycles. The normalized spacial score (nSPS) is 11.5.